The third-order valence-corrected chi connectivity index (χ3v) is 5.80. The predicted octanol–water partition coefficient (Wildman–Crippen LogP) is 2.47. The molecule has 4 heterocycles. The number of amides is 2. The summed E-state index contributed by atoms with van der Waals surface area (Å²) in [6.07, 6.45) is 5.90. The lowest BCUT2D eigenvalue weighted by Crippen LogP contribution is -2.41. The van der Waals surface area contributed by atoms with Crippen molar-refractivity contribution in [1.29, 1.82) is 0 Å². The number of carbonyl (C=O) groups is 2. The highest BCUT2D eigenvalue weighted by Crippen LogP contribution is 2.29. The van der Waals surface area contributed by atoms with Crippen LogP contribution in [-0.4, -0.2) is 92.4 Å². The summed E-state index contributed by atoms with van der Waals surface area (Å²) in [5.74, 6) is 0.445. The zero-order valence-corrected chi connectivity index (χ0v) is 20.3. The standard InChI is InChI=1S/C24H27N9O4.CH4/c1-2-37-24(35)31-23-29-18-13-16(12-17(20(18)30-23)21-25-4-3-5-26-21)33-14-19(28-15-33)22(34)27-6-7-32-8-10-36-11-9-32;/h3-5,12-15H,2,6-11H2,1H3,(H,27,34)(H2,29,30,31,35);1H4. The van der Waals surface area contributed by atoms with Gasteiger partial charge in [-0.2, -0.15) is 0 Å². The lowest BCUT2D eigenvalue weighted by molar-refractivity contribution is 0.0383. The van der Waals surface area contributed by atoms with Crippen LogP contribution in [0, 0.1) is 0 Å². The Balaban J connectivity index is 0.00000336. The number of hydrogen-bond acceptors (Lipinski definition) is 9. The fourth-order valence-electron chi connectivity index (χ4n) is 4.01. The number of fused-ring (bicyclic) bond motifs is 1. The molecule has 3 aromatic heterocycles. The van der Waals surface area contributed by atoms with Crippen molar-refractivity contribution in [3.8, 4) is 17.1 Å². The van der Waals surface area contributed by atoms with Gasteiger partial charge in [0.05, 0.1) is 25.3 Å². The monoisotopic (exact) mass is 521 g/mol. The molecule has 38 heavy (non-hydrogen) atoms. The molecule has 0 bridgehead atoms. The first kappa shape index (κ1) is 26.7. The lowest BCUT2D eigenvalue weighted by Gasteiger charge is -2.26. The van der Waals surface area contributed by atoms with E-state index in [1.807, 2.05) is 12.1 Å². The number of carbonyl (C=O) groups excluding carboxylic acids is 2. The van der Waals surface area contributed by atoms with Gasteiger partial charge in [-0.05, 0) is 25.1 Å². The number of hydrogen-bond donors (Lipinski definition) is 3. The number of benzene rings is 1. The molecule has 1 saturated heterocycles. The Morgan fingerprint density at radius 1 is 1.16 bits per heavy atom. The van der Waals surface area contributed by atoms with Crippen LogP contribution in [0.2, 0.25) is 0 Å². The van der Waals surface area contributed by atoms with Crippen LogP contribution >= 0.6 is 0 Å². The van der Waals surface area contributed by atoms with E-state index in [0.717, 1.165) is 32.8 Å². The minimum atomic E-state index is -0.613. The number of aromatic nitrogens is 6. The summed E-state index contributed by atoms with van der Waals surface area (Å²) < 4.78 is 12.0. The second-order valence-corrected chi connectivity index (χ2v) is 8.27. The molecule has 0 unspecified atom stereocenters. The second kappa shape index (κ2) is 12.3. The molecule has 13 nitrogen and oxygen atoms in total. The number of imidazole rings is 2. The first-order valence-corrected chi connectivity index (χ1v) is 12.0. The first-order valence-electron chi connectivity index (χ1n) is 12.0. The SMILES string of the molecule is C.CCOC(=O)Nc1nc2c(-c3ncccn3)cc(-n3cnc(C(=O)NCCN4CCOCC4)c3)cc2[nH]1. The molecule has 0 radical (unpaired) electrons. The summed E-state index contributed by atoms with van der Waals surface area (Å²) in [4.78, 5) is 47.4. The van der Waals surface area contributed by atoms with E-state index in [-0.39, 0.29) is 25.9 Å². The molecule has 3 N–H and O–H groups in total. The summed E-state index contributed by atoms with van der Waals surface area (Å²) in [5.41, 5.74) is 2.86. The number of H-pyrrole nitrogens is 1. The average Bonchev–Trinajstić information content (AvgIpc) is 3.56. The summed E-state index contributed by atoms with van der Waals surface area (Å²) in [6.45, 7) is 6.41. The van der Waals surface area contributed by atoms with Gasteiger partial charge in [-0.15, -0.1) is 0 Å². The van der Waals surface area contributed by atoms with Gasteiger partial charge < -0.3 is 24.3 Å². The highest BCUT2D eigenvalue weighted by Gasteiger charge is 2.17. The second-order valence-electron chi connectivity index (χ2n) is 8.27. The number of nitrogens with zero attached hydrogens (tertiary/aromatic N) is 6. The van der Waals surface area contributed by atoms with E-state index in [1.165, 1.54) is 0 Å². The minimum Gasteiger partial charge on any atom is -0.450 e. The zero-order chi connectivity index (χ0) is 25.6. The number of aromatic amines is 1. The highest BCUT2D eigenvalue weighted by atomic mass is 16.5. The number of anilines is 1. The molecule has 1 fully saturated rings. The van der Waals surface area contributed by atoms with Crippen LogP contribution in [0.3, 0.4) is 0 Å². The molecule has 1 aliphatic rings. The van der Waals surface area contributed by atoms with Gasteiger partial charge in [0.2, 0.25) is 5.95 Å². The molecule has 4 aromatic rings. The van der Waals surface area contributed by atoms with Gasteiger partial charge in [0.1, 0.15) is 17.5 Å². The Morgan fingerprint density at radius 3 is 2.71 bits per heavy atom. The van der Waals surface area contributed by atoms with Gasteiger partial charge in [0.15, 0.2) is 5.82 Å². The predicted molar refractivity (Wildman–Crippen MR) is 141 cm³/mol. The van der Waals surface area contributed by atoms with Crippen molar-refractivity contribution in [3.05, 3.63) is 48.8 Å². The van der Waals surface area contributed by atoms with Gasteiger partial charge in [-0.25, -0.2) is 24.7 Å². The third kappa shape index (κ3) is 6.12. The molecule has 200 valence electrons. The van der Waals surface area contributed by atoms with E-state index in [0.29, 0.717) is 40.3 Å². The van der Waals surface area contributed by atoms with Crippen LogP contribution in [0.15, 0.2) is 43.1 Å². The van der Waals surface area contributed by atoms with Crippen LogP contribution in [0.5, 0.6) is 0 Å². The Morgan fingerprint density at radius 2 is 1.95 bits per heavy atom. The Kier molecular flexibility index (Phi) is 8.61. The third-order valence-electron chi connectivity index (χ3n) is 5.80. The maximum atomic E-state index is 12.7. The van der Waals surface area contributed by atoms with Gasteiger partial charge in [0, 0.05) is 56.0 Å². The summed E-state index contributed by atoms with van der Waals surface area (Å²) in [7, 11) is 0. The highest BCUT2D eigenvalue weighted by molar-refractivity contribution is 5.95. The molecule has 0 saturated carbocycles. The number of morpholine rings is 1. The van der Waals surface area contributed by atoms with Crippen molar-refractivity contribution in [2.45, 2.75) is 14.4 Å². The largest absolute Gasteiger partial charge is 0.450 e. The molecule has 0 aliphatic carbocycles. The molecular formula is C25H31N9O4. The molecule has 1 aromatic carbocycles. The average molecular weight is 522 g/mol. The van der Waals surface area contributed by atoms with E-state index >= 15 is 0 Å². The molecule has 0 atom stereocenters. The maximum Gasteiger partial charge on any atom is 0.413 e. The zero-order valence-electron chi connectivity index (χ0n) is 20.3. The fraction of sp³-hybridized carbons (Fsp3) is 0.360. The van der Waals surface area contributed by atoms with Crippen molar-refractivity contribution >= 4 is 29.0 Å². The van der Waals surface area contributed by atoms with Crippen LogP contribution in [-0.2, 0) is 9.47 Å². The Bertz CT molecular complexity index is 1380. The molecule has 5 rings (SSSR count). The summed E-state index contributed by atoms with van der Waals surface area (Å²) >= 11 is 0. The molecule has 2 amide bonds. The van der Waals surface area contributed by atoms with Crippen LogP contribution in [0.4, 0.5) is 10.7 Å². The Labute approximate surface area is 219 Å². The van der Waals surface area contributed by atoms with Gasteiger partial charge in [-0.3, -0.25) is 15.0 Å². The lowest BCUT2D eigenvalue weighted by atomic mass is 10.1. The van der Waals surface area contributed by atoms with E-state index in [4.69, 9.17) is 9.47 Å². The molecular weight excluding hydrogens is 490 g/mol. The minimum absolute atomic E-state index is 0. The van der Waals surface area contributed by atoms with Crippen LogP contribution in [0.1, 0.15) is 24.8 Å². The van der Waals surface area contributed by atoms with Gasteiger partial charge in [0.25, 0.3) is 5.91 Å². The number of rotatable bonds is 8. The van der Waals surface area contributed by atoms with Gasteiger partial charge >= 0.3 is 6.09 Å². The van der Waals surface area contributed by atoms with E-state index in [2.05, 4.69) is 40.5 Å². The van der Waals surface area contributed by atoms with Crippen LogP contribution in [0.25, 0.3) is 28.1 Å². The summed E-state index contributed by atoms with van der Waals surface area (Å²) in [5, 5.41) is 5.51. The molecule has 1 aliphatic heterocycles. The van der Waals surface area contributed by atoms with Crippen molar-refractivity contribution in [2.75, 3.05) is 51.3 Å². The first-order chi connectivity index (χ1) is 18.1. The smallest absolute Gasteiger partial charge is 0.413 e. The Hall–Kier alpha value is -4.36. The van der Waals surface area contributed by atoms with Crippen molar-refractivity contribution in [3.63, 3.8) is 0 Å². The molecule has 13 heteroatoms. The normalized spacial score (nSPS) is 13.6. The topological polar surface area (TPSA) is 152 Å². The summed E-state index contributed by atoms with van der Waals surface area (Å²) in [6, 6.07) is 5.42. The maximum absolute atomic E-state index is 12.7. The quantitative estimate of drug-likeness (QED) is 0.317. The fourth-order valence-corrected chi connectivity index (χ4v) is 4.01. The van der Waals surface area contributed by atoms with Crippen molar-refractivity contribution < 1.29 is 19.1 Å². The number of nitrogens with one attached hydrogen (secondary N) is 3. The van der Waals surface area contributed by atoms with E-state index < -0.39 is 6.09 Å². The van der Waals surface area contributed by atoms with Crippen molar-refractivity contribution in [2.24, 2.45) is 0 Å². The number of ether oxygens (including phenoxy) is 2. The van der Waals surface area contributed by atoms with Gasteiger partial charge in [-0.1, -0.05) is 7.43 Å². The van der Waals surface area contributed by atoms with Crippen LogP contribution < -0.4 is 10.6 Å². The van der Waals surface area contributed by atoms with E-state index in [1.54, 1.807) is 42.5 Å². The van der Waals surface area contributed by atoms with Crippen molar-refractivity contribution in [1.82, 2.24) is 39.7 Å². The molecule has 0 spiro atoms. The van der Waals surface area contributed by atoms with E-state index in [9.17, 15) is 9.59 Å².